The minimum Gasteiger partial charge on any atom is -0.477 e. The number of benzene rings is 2. The number of rotatable bonds is 9. The Morgan fingerprint density at radius 1 is 1.10 bits per heavy atom. The highest BCUT2D eigenvalue weighted by Crippen LogP contribution is 2.42. The van der Waals surface area contributed by atoms with Crippen molar-refractivity contribution in [3.05, 3.63) is 46.8 Å². The summed E-state index contributed by atoms with van der Waals surface area (Å²) < 4.78 is 76.9. The molecular formula is C35H39F3N4O4S2. The zero-order valence-electron chi connectivity index (χ0n) is 26.8. The van der Waals surface area contributed by atoms with Gasteiger partial charge in [-0.2, -0.15) is 18.4 Å². The van der Waals surface area contributed by atoms with Gasteiger partial charge in [-0.05, 0) is 80.8 Å². The van der Waals surface area contributed by atoms with E-state index < -0.39 is 22.4 Å². The van der Waals surface area contributed by atoms with Gasteiger partial charge in [-0.25, -0.2) is 8.42 Å². The Morgan fingerprint density at radius 2 is 1.85 bits per heavy atom. The second-order valence-corrected chi connectivity index (χ2v) is 16.1. The third-order valence-electron chi connectivity index (χ3n) is 9.69. The number of sulfone groups is 1. The molecule has 256 valence electrons. The molecule has 0 unspecified atom stereocenters. The van der Waals surface area contributed by atoms with E-state index in [2.05, 4.69) is 27.4 Å². The summed E-state index contributed by atoms with van der Waals surface area (Å²) in [7, 11) is -3.50. The van der Waals surface area contributed by atoms with Crippen LogP contribution in [0.1, 0.15) is 49.0 Å². The van der Waals surface area contributed by atoms with Crippen molar-refractivity contribution in [2.75, 3.05) is 56.3 Å². The molecule has 1 saturated carbocycles. The maximum atomic E-state index is 13.8. The van der Waals surface area contributed by atoms with Crippen LogP contribution in [0.3, 0.4) is 0 Å². The first kappa shape index (κ1) is 34.4. The third kappa shape index (κ3) is 8.03. The van der Waals surface area contributed by atoms with Crippen LogP contribution < -0.4 is 15.4 Å². The van der Waals surface area contributed by atoms with Crippen molar-refractivity contribution in [3.63, 3.8) is 0 Å². The number of nitrogens with zero attached hydrogens (tertiary/aromatic N) is 2. The Bertz CT molecular complexity index is 1840. The van der Waals surface area contributed by atoms with Crippen molar-refractivity contribution in [3.8, 4) is 23.7 Å². The molecule has 13 heteroatoms. The van der Waals surface area contributed by atoms with E-state index in [9.17, 15) is 21.6 Å². The summed E-state index contributed by atoms with van der Waals surface area (Å²) >= 11 is 1.27. The lowest BCUT2D eigenvalue weighted by atomic mass is 9.76. The number of piperidine rings is 1. The van der Waals surface area contributed by atoms with Gasteiger partial charge in [0.1, 0.15) is 11.8 Å². The number of nitriles is 1. The Balaban J connectivity index is 1.15. The minimum atomic E-state index is -4.40. The smallest absolute Gasteiger partial charge is 0.393 e. The van der Waals surface area contributed by atoms with Gasteiger partial charge in [-0.15, -0.1) is 11.3 Å². The summed E-state index contributed by atoms with van der Waals surface area (Å²) in [5.74, 6) is 6.05. The van der Waals surface area contributed by atoms with Crippen LogP contribution in [0.15, 0.2) is 41.3 Å². The summed E-state index contributed by atoms with van der Waals surface area (Å²) in [6, 6.07) is 12.4. The Morgan fingerprint density at radius 3 is 2.50 bits per heavy atom. The van der Waals surface area contributed by atoms with E-state index in [0.29, 0.717) is 27.4 Å². The number of hydrogen-bond acceptors (Lipinski definition) is 9. The Labute approximate surface area is 283 Å². The molecule has 48 heavy (non-hydrogen) atoms. The molecule has 2 N–H and O–H groups in total. The van der Waals surface area contributed by atoms with E-state index in [1.165, 1.54) is 42.4 Å². The highest BCUT2D eigenvalue weighted by atomic mass is 32.2. The molecule has 2 saturated heterocycles. The number of fused-ring (bicyclic) bond motifs is 1. The van der Waals surface area contributed by atoms with Gasteiger partial charge in [0.2, 0.25) is 0 Å². The van der Waals surface area contributed by atoms with Gasteiger partial charge in [0.05, 0.1) is 52.0 Å². The maximum Gasteiger partial charge on any atom is 0.393 e. The molecule has 8 nitrogen and oxygen atoms in total. The van der Waals surface area contributed by atoms with Crippen molar-refractivity contribution in [1.29, 1.82) is 5.26 Å². The van der Waals surface area contributed by atoms with Crippen molar-refractivity contribution < 1.29 is 31.1 Å². The first-order valence-corrected chi connectivity index (χ1v) is 18.9. The van der Waals surface area contributed by atoms with Crippen LogP contribution in [0.4, 0.5) is 24.5 Å². The van der Waals surface area contributed by atoms with Crippen molar-refractivity contribution in [2.45, 2.75) is 68.1 Å². The largest absolute Gasteiger partial charge is 0.477 e. The molecule has 3 fully saturated rings. The number of nitrogens with one attached hydrogen (secondary N) is 2. The highest BCUT2D eigenvalue weighted by molar-refractivity contribution is 7.90. The van der Waals surface area contributed by atoms with E-state index in [1.807, 2.05) is 12.1 Å². The summed E-state index contributed by atoms with van der Waals surface area (Å²) in [5, 5.41) is 16.2. The minimum absolute atomic E-state index is 0.0335. The summed E-state index contributed by atoms with van der Waals surface area (Å²) in [6.45, 7) is 3.85. The fraction of sp³-hybridized carbons (Fsp3) is 0.514. The zero-order chi connectivity index (χ0) is 33.9. The van der Waals surface area contributed by atoms with E-state index >= 15 is 0 Å². The van der Waals surface area contributed by atoms with E-state index in [4.69, 9.17) is 14.7 Å². The quantitative estimate of drug-likeness (QED) is 0.241. The van der Waals surface area contributed by atoms with Crippen molar-refractivity contribution in [1.82, 2.24) is 4.90 Å². The van der Waals surface area contributed by atoms with Gasteiger partial charge >= 0.3 is 6.18 Å². The molecule has 1 spiro atoms. The lowest BCUT2D eigenvalue weighted by molar-refractivity contribution is -0.143. The number of anilines is 2. The topological polar surface area (TPSA) is 104 Å². The summed E-state index contributed by atoms with van der Waals surface area (Å²) in [6.07, 6.45) is 2.23. The lowest BCUT2D eigenvalue weighted by Gasteiger charge is -2.49. The monoisotopic (exact) mass is 700 g/mol. The second kappa shape index (κ2) is 14.2. The Hall–Kier alpha value is -3.49. The number of thiophene rings is 1. The number of ether oxygens (including phenoxy) is 2. The predicted molar refractivity (Wildman–Crippen MR) is 181 cm³/mol. The Kier molecular flexibility index (Phi) is 10.1. The van der Waals surface area contributed by atoms with Crippen molar-refractivity contribution >= 4 is 42.6 Å². The molecule has 6 rings (SSSR count). The molecule has 0 amide bonds. The molecular weight excluding hydrogens is 662 g/mol. The van der Waals surface area contributed by atoms with Crippen LogP contribution in [0, 0.1) is 28.6 Å². The molecule has 2 aliphatic heterocycles. The molecule has 1 aliphatic carbocycles. The maximum absolute atomic E-state index is 13.8. The first-order valence-electron chi connectivity index (χ1n) is 16.2. The molecule has 0 atom stereocenters. The van der Waals surface area contributed by atoms with E-state index in [0.717, 1.165) is 68.6 Å². The van der Waals surface area contributed by atoms with Gasteiger partial charge in [0, 0.05) is 29.8 Å². The van der Waals surface area contributed by atoms with Gasteiger partial charge in [-0.3, -0.25) is 0 Å². The molecule has 0 bridgehead atoms. The van der Waals surface area contributed by atoms with E-state index in [-0.39, 0.29) is 35.4 Å². The number of alkyl halides is 3. The van der Waals surface area contributed by atoms with Crippen LogP contribution in [0.25, 0.3) is 10.1 Å². The SMILES string of the molecule is CS(=O)(=O)c1ccc(NCC#Cc2sc3c(NC4CCC(N5CCC6(CC5)COC6)CC4)cccc3c2CC(F)(F)F)c(OCC#N)c1. The number of halogens is 3. The van der Waals surface area contributed by atoms with E-state index in [1.54, 1.807) is 12.1 Å². The molecule has 3 aliphatic rings. The average molecular weight is 701 g/mol. The van der Waals surface area contributed by atoms with Crippen LogP contribution >= 0.6 is 11.3 Å². The molecule has 2 aromatic carbocycles. The van der Waals surface area contributed by atoms with Gasteiger partial charge in [0.15, 0.2) is 16.4 Å². The number of likely N-dealkylation sites (tertiary alicyclic amines) is 1. The third-order valence-corrected chi connectivity index (χ3v) is 12.0. The normalized spacial score (nSPS) is 21.1. The second-order valence-electron chi connectivity index (χ2n) is 13.1. The van der Waals surface area contributed by atoms with Gasteiger partial charge in [-0.1, -0.05) is 24.0 Å². The van der Waals surface area contributed by atoms with Crippen LogP contribution in [-0.4, -0.2) is 77.3 Å². The fourth-order valence-electron chi connectivity index (χ4n) is 6.98. The lowest BCUT2D eigenvalue weighted by Crippen LogP contribution is -2.53. The standard InChI is InChI=1S/C35H39F3N4O4S2/c1-48(43,44)26-11-12-29(31(20-26)46-19-15-39)40-16-3-6-32-28(21-35(36,37)38)27-4-2-5-30(33(27)47-32)41-24-7-9-25(10-8-24)42-17-13-34(14-18-42)22-45-23-34/h2,4-5,11-12,20,24-25,40-41H,7-10,13-14,16-19,21-23H2,1H3. The van der Waals surface area contributed by atoms with Crippen LogP contribution in [-0.2, 0) is 21.0 Å². The molecule has 1 aromatic heterocycles. The zero-order valence-corrected chi connectivity index (χ0v) is 28.4. The fourth-order valence-corrected chi connectivity index (χ4v) is 8.79. The van der Waals surface area contributed by atoms with Gasteiger partial charge < -0.3 is 25.0 Å². The van der Waals surface area contributed by atoms with Crippen molar-refractivity contribution in [2.24, 2.45) is 5.41 Å². The molecule has 3 heterocycles. The van der Waals surface area contributed by atoms with Crippen LogP contribution in [0.5, 0.6) is 5.75 Å². The van der Waals surface area contributed by atoms with Gasteiger partial charge in [0.25, 0.3) is 0 Å². The summed E-state index contributed by atoms with van der Waals surface area (Å²) in [4.78, 5) is 3.04. The average Bonchev–Trinajstić information content (AvgIpc) is 3.38. The predicted octanol–water partition coefficient (Wildman–Crippen LogP) is 6.61. The summed E-state index contributed by atoms with van der Waals surface area (Å²) in [5.41, 5.74) is 1.84. The first-order chi connectivity index (χ1) is 22.9. The highest BCUT2D eigenvalue weighted by Gasteiger charge is 2.42. The molecule has 3 aromatic rings. The molecule has 0 radical (unpaired) electrons. The van der Waals surface area contributed by atoms with Crippen LogP contribution in [0.2, 0.25) is 0 Å². The number of hydrogen-bond donors (Lipinski definition) is 2.